The van der Waals surface area contributed by atoms with Gasteiger partial charge in [-0.3, -0.25) is 4.79 Å². The largest absolute Gasteiger partial charge is 0.396 e. The molecular weight excluding hydrogens is 228 g/mol. The first-order valence-electron chi connectivity index (χ1n) is 7.27. The van der Waals surface area contributed by atoms with Crippen LogP contribution in [0.3, 0.4) is 0 Å². The molecule has 4 heteroatoms. The third-order valence-electron chi connectivity index (χ3n) is 3.86. The number of carbonyl (C=O) groups excluding carboxylic acids is 1. The van der Waals surface area contributed by atoms with Crippen molar-refractivity contribution < 1.29 is 9.90 Å². The van der Waals surface area contributed by atoms with Crippen LogP contribution in [0.4, 0.5) is 0 Å². The molecule has 2 atom stereocenters. The molecule has 4 nitrogen and oxygen atoms in total. The van der Waals surface area contributed by atoms with Gasteiger partial charge in [-0.1, -0.05) is 13.3 Å². The second-order valence-corrected chi connectivity index (χ2v) is 5.55. The molecule has 18 heavy (non-hydrogen) atoms. The predicted octanol–water partition coefficient (Wildman–Crippen LogP) is 1.43. The van der Waals surface area contributed by atoms with E-state index in [4.69, 9.17) is 5.11 Å². The van der Waals surface area contributed by atoms with E-state index >= 15 is 0 Å². The summed E-state index contributed by atoms with van der Waals surface area (Å²) in [4.78, 5) is 12.5. The van der Waals surface area contributed by atoms with Crippen molar-refractivity contribution in [1.82, 2.24) is 10.6 Å². The Morgan fingerprint density at radius 2 is 2.33 bits per heavy atom. The molecule has 0 aromatic carbocycles. The summed E-state index contributed by atoms with van der Waals surface area (Å²) in [5.41, 5.74) is -0.208. The molecule has 3 N–H and O–H groups in total. The molecular formula is C14H28N2O2. The van der Waals surface area contributed by atoms with Gasteiger partial charge in [0.2, 0.25) is 5.91 Å². The van der Waals surface area contributed by atoms with Crippen LogP contribution in [0.2, 0.25) is 0 Å². The van der Waals surface area contributed by atoms with E-state index in [1.165, 1.54) is 0 Å². The minimum Gasteiger partial charge on any atom is -0.396 e. The van der Waals surface area contributed by atoms with Crippen LogP contribution in [-0.2, 0) is 4.79 Å². The Bertz CT molecular complexity index is 245. The molecule has 0 bridgehead atoms. The lowest BCUT2D eigenvalue weighted by Crippen LogP contribution is -2.52. The second-order valence-electron chi connectivity index (χ2n) is 5.55. The summed E-state index contributed by atoms with van der Waals surface area (Å²) in [6.07, 6.45) is 5.67. The highest BCUT2D eigenvalue weighted by Gasteiger charge is 2.38. The number of amides is 1. The Kier molecular flexibility index (Phi) is 6.65. The van der Waals surface area contributed by atoms with Crippen LogP contribution in [0.1, 0.15) is 52.4 Å². The molecule has 0 saturated carbocycles. The molecule has 1 amide bonds. The zero-order chi connectivity index (χ0) is 13.4. The predicted molar refractivity (Wildman–Crippen MR) is 73.4 cm³/mol. The lowest BCUT2D eigenvalue weighted by Gasteiger charge is -2.37. The maximum absolute atomic E-state index is 12.5. The molecule has 1 fully saturated rings. The van der Waals surface area contributed by atoms with Gasteiger partial charge in [0, 0.05) is 19.2 Å². The zero-order valence-corrected chi connectivity index (χ0v) is 11.8. The third kappa shape index (κ3) is 4.25. The van der Waals surface area contributed by atoms with E-state index in [1.54, 1.807) is 0 Å². The fraction of sp³-hybridized carbons (Fsp3) is 0.929. The number of carbonyl (C=O) groups is 1. The molecule has 0 spiro atoms. The van der Waals surface area contributed by atoms with Crippen molar-refractivity contribution in [3.05, 3.63) is 0 Å². The highest BCUT2D eigenvalue weighted by atomic mass is 16.3. The Hall–Kier alpha value is -0.610. The molecule has 0 radical (unpaired) electrons. The van der Waals surface area contributed by atoms with Gasteiger partial charge in [0.05, 0.1) is 5.41 Å². The summed E-state index contributed by atoms with van der Waals surface area (Å²) in [7, 11) is 0. The van der Waals surface area contributed by atoms with Crippen LogP contribution in [0.15, 0.2) is 0 Å². The fourth-order valence-corrected chi connectivity index (χ4v) is 2.81. The van der Waals surface area contributed by atoms with Crippen LogP contribution in [0.5, 0.6) is 0 Å². The molecule has 1 aliphatic heterocycles. The maximum atomic E-state index is 12.5. The van der Waals surface area contributed by atoms with Crippen LogP contribution in [0.25, 0.3) is 0 Å². The molecule has 0 aliphatic carbocycles. The first kappa shape index (κ1) is 15.4. The second kappa shape index (κ2) is 7.74. The van der Waals surface area contributed by atoms with E-state index in [0.717, 1.165) is 51.6 Å². The van der Waals surface area contributed by atoms with Crippen molar-refractivity contribution in [2.75, 3.05) is 19.7 Å². The van der Waals surface area contributed by atoms with Gasteiger partial charge in [-0.15, -0.1) is 0 Å². The first-order valence-corrected chi connectivity index (χ1v) is 7.27. The number of nitrogens with one attached hydrogen (secondary N) is 2. The number of hydrogen-bond acceptors (Lipinski definition) is 3. The Labute approximate surface area is 111 Å². The Morgan fingerprint density at radius 3 is 2.89 bits per heavy atom. The lowest BCUT2D eigenvalue weighted by atomic mass is 9.76. The lowest BCUT2D eigenvalue weighted by molar-refractivity contribution is -0.133. The normalized spacial score (nSPS) is 25.7. The zero-order valence-electron chi connectivity index (χ0n) is 11.8. The maximum Gasteiger partial charge on any atom is 0.227 e. The quantitative estimate of drug-likeness (QED) is 0.646. The smallest absolute Gasteiger partial charge is 0.227 e. The number of piperidine rings is 1. The molecule has 1 aliphatic rings. The van der Waals surface area contributed by atoms with Crippen molar-refractivity contribution in [3.8, 4) is 0 Å². The van der Waals surface area contributed by atoms with Gasteiger partial charge in [0.1, 0.15) is 0 Å². The molecule has 1 heterocycles. The fourth-order valence-electron chi connectivity index (χ4n) is 2.81. The Morgan fingerprint density at radius 1 is 1.56 bits per heavy atom. The van der Waals surface area contributed by atoms with Crippen LogP contribution < -0.4 is 10.6 Å². The average Bonchev–Trinajstić information content (AvgIpc) is 2.37. The van der Waals surface area contributed by atoms with E-state index in [-0.39, 0.29) is 24.0 Å². The summed E-state index contributed by atoms with van der Waals surface area (Å²) in [6.45, 7) is 6.18. The van der Waals surface area contributed by atoms with Gasteiger partial charge >= 0.3 is 0 Å². The summed E-state index contributed by atoms with van der Waals surface area (Å²) in [5.74, 6) is 0.196. The van der Waals surface area contributed by atoms with E-state index in [1.807, 2.05) is 6.92 Å². The minimum absolute atomic E-state index is 0.153. The van der Waals surface area contributed by atoms with Gasteiger partial charge in [-0.25, -0.2) is 0 Å². The molecule has 106 valence electrons. The molecule has 1 saturated heterocycles. The van der Waals surface area contributed by atoms with Crippen LogP contribution in [-0.4, -0.2) is 36.8 Å². The number of rotatable bonds is 7. The monoisotopic (exact) mass is 256 g/mol. The molecule has 2 unspecified atom stereocenters. The first-order chi connectivity index (χ1) is 8.64. The van der Waals surface area contributed by atoms with Crippen LogP contribution in [0, 0.1) is 5.41 Å². The number of aliphatic hydroxyl groups is 1. The van der Waals surface area contributed by atoms with Crippen molar-refractivity contribution in [3.63, 3.8) is 0 Å². The van der Waals surface area contributed by atoms with E-state index < -0.39 is 0 Å². The van der Waals surface area contributed by atoms with Crippen molar-refractivity contribution in [2.24, 2.45) is 5.41 Å². The molecule has 0 aromatic heterocycles. The van der Waals surface area contributed by atoms with Crippen molar-refractivity contribution in [1.29, 1.82) is 0 Å². The summed E-state index contributed by atoms with van der Waals surface area (Å²) in [6, 6.07) is 0.153. The average molecular weight is 256 g/mol. The summed E-state index contributed by atoms with van der Waals surface area (Å²) in [5, 5.41) is 15.3. The van der Waals surface area contributed by atoms with Gasteiger partial charge in [-0.05, 0) is 45.6 Å². The minimum atomic E-state index is -0.208. The highest BCUT2D eigenvalue weighted by molar-refractivity contribution is 5.83. The molecule has 0 aromatic rings. The topological polar surface area (TPSA) is 61.4 Å². The Balaban J connectivity index is 2.53. The summed E-state index contributed by atoms with van der Waals surface area (Å²) < 4.78 is 0. The van der Waals surface area contributed by atoms with E-state index in [0.29, 0.717) is 0 Å². The van der Waals surface area contributed by atoms with Gasteiger partial charge in [0.15, 0.2) is 0 Å². The SMILES string of the molecule is CCCC1(C(=O)NC(C)CCCO)CCCNC1. The van der Waals surface area contributed by atoms with Crippen LogP contribution >= 0.6 is 0 Å². The van der Waals surface area contributed by atoms with E-state index in [9.17, 15) is 4.79 Å². The standard InChI is InChI=1S/C14H28N2O2/c1-3-7-14(8-5-9-15-11-14)13(18)16-12(2)6-4-10-17/h12,15,17H,3-11H2,1-2H3,(H,16,18). The number of aliphatic hydroxyl groups excluding tert-OH is 1. The third-order valence-corrected chi connectivity index (χ3v) is 3.86. The van der Waals surface area contributed by atoms with E-state index in [2.05, 4.69) is 17.6 Å². The molecule has 1 rings (SSSR count). The van der Waals surface area contributed by atoms with Crippen molar-refractivity contribution in [2.45, 2.75) is 58.4 Å². The summed E-state index contributed by atoms with van der Waals surface area (Å²) >= 11 is 0. The number of hydrogen-bond donors (Lipinski definition) is 3. The van der Waals surface area contributed by atoms with Gasteiger partial charge < -0.3 is 15.7 Å². The highest BCUT2D eigenvalue weighted by Crippen LogP contribution is 2.32. The van der Waals surface area contributed by atoms with Crippen molar-refractivity contribution >= 4 is 5.91 Å². The van der Waals surface area contributed by atoms with Gasteiger partial charge in [-0.2, -0.15) is 0 Å². The van der Waals surface area contributed by atoms with Gasteiger partial charge in [0.25, 0.3) is 0 Å².